The van der Waals surface area contributed by atoms with Crippen LogP contribution < -0.4 is 5.32 Å². The fourth-order valence-electron chi connectivity index (χ4n) is 2.66. The fraction of sp³-hybridized carbons (Fsp3) is 0.211. The maximum atomic E-state index is 12.4. The first kappa shape index (κ1) is 22.1. The molecule has 30 heavy (non-hydrogen) atoms. The average Bonchev–Trinajstić information content (AvgIpc) is 3.12. The van der Waals surface area contributed by atoms with E-state index in [0.29, 0.717) is 33.9 Å². The largest absolute Gasteiger partial charge is 0.345 e. The number of carbonyl (C=O) groups is 1. The number of hydrogen-bond acceptors (Lipinski definition) is 6. The Morgan fingerprint density at radius 2 is 1.93 bits per heavy atom. The zero-order valence-electron chi connectivity index (χ0n) is 15.8. The molecule has 0 unspecified atom stereocenters. The van der Waals surface area contributed by atoms with E-state index in [2.05, 4.69) is 15.5 Å². The Morgan fingerprint density at radius 3 is 2.57 bits per heavy atom. The van der Waals surface area contributed by atoms with Gasteiger partial charge < -0.3 is 9.88 Å². The van der Waals surface area contributed by atoms with Crippen molar-refractivity contribution in [1.29, 1.82) is 0 Å². The number of hydrogen-bond donors (Lipinski definition) is 1. The van der Waals surface area contributed by atoms with Gasteiger partial charge in [0.15, 0.2) is 11.0 Å². The van der Waals surface area contributed by atoms with Gasteiger partial charge in [0.1, 0.15) is 0 Å². The van der Waals surface area contributed by atoms with E-state index in [-0.39, 0.29) is 23.2 Å². The number of aromatic nitrogens is 3. The number of rotatable bonds is 8. The molecule has 1 amide bonds. The predicted octanol–water partition coefficient (Wildman–Crippen LogP) is 4.74. The van der Waals surface area contributed by atoms with Crippen molar-refractivity contribution >= 4 is 46.6 Å². The molecule has 0 saturated heterocycles. The quantitative estimate of drug-likeness (QED) is 0.292. The lowest BCUT2D eigenvalue weighted by Crippen LogP contribution is -2.25. The summed E-state index contributed by atoms with van der Waals surface area (Å²) in [6, 6.07) is 11.1. The van der Waals surface area contributed by atoms with Gasteiger partial charge in [-0.3, -0.25) is 14.9 Å². The summed E-state index contributed by atoms with van der Waals surface area (Å²) in [4.78, 5) is 22.7. The Labute approximate surface area is 186 Å². The van der Waals surface area contributed by atoms with Crippen LogP contribution in [0.5, 0.6) is 0 Å². The Morgan fingerprint density at radius 1 is 1.20 bits per heavy atom. The molecule has 3 aromatic rings. The molecule has 156 valence electrons. The average molecular weight is 466 g/mol. The normalized spacial score (nSPS) is 10.8. The standard InChI is InChI=1S/C19H17Cl2N5O3S/c1-2-25-17(10-22-18(27)15-8-5-13(20)9-16(15)21)23-24-19(25)30-11-12-3-6-14(7-4-12)26(28)29/h3-9H,2,10-11H2,1H3,(H,22,27). The maximum Gasteiger partial charge on any atom is 0.269 e. The number of amides is 1. The summed E-state index contributed by atoms with van der Waals surface area (Å²) in [5.41, 5.74) is 1.32. The Bertz CT molecular complexity index is 1070. The highest BCUT2D eigenvalue weighted by molar-refractivity contribution is 7.98. The topological polar surface area (TPSA) is 103 Å². The van der Waals surface area contributed by atoms with Crippen LogP contribution in [-0.2, 0) is 18.8 Å². The van der Waals surface area contributed by atoms with Crippen LogP contribution in [0.2, 0.25) is 10.0 Å². The van der Waals surface area contributed by atoms with Gasteiger partial charge in [-0.2, -0.15) is 0 Å². The van der Waals surface area contributed by atoms with Crippen LogP contribution in [0.1, 0.15) is 28.7 Å². The van der Waals surface area contributed by atoms with Crippen molar-refractivity contribution in [3.8, 4) is 0 Å². The molecule has 3 rings (SSSR count). The molecule has 1 N–H and O–H groups in total. The molecule has 0 aliphatic carbocycles. The monoisotopic (exact) mass is 465 g/mol. The van der Waals surface area contributed by atoms with Crippen molar-refractivity contribution in [2.75, 3.05) is 0 Å². The van der Waals surface area contributed by atoms with Crippen LogP contribution in [0.15, 0.2) is 47.6 Å². The van der Waals surface area contributed by atoms with Gasteiger partial charge in [0.2, 0.25) is 0 Å². The lowest BCUT2D eigenvalue weighted by atomic mass is 10.2. The van der Waals surface area contributed by atoms with Crippen molar-refractivity contribution in [1.82, 2.24) is 20.1 Å². The van der Waals surface area contributed by atoms with Crippen LogP contribution >= 0.6 is 35.0 Å². The third-order valence-corrected chi connectivity index (χ3v) is 5.79. The highest BCUT2D eigenvalue weighted by Gasteiger charge is 2.15. The number of thioether (sulfide) groups is 1. The second-order valence-electron chi connectivity index (χ2n) is 6.16. The molecular weight excluding hydrogens is 449 g/mol. The van der Waals surface area contributed by atoms with Crippen molar-refractivity contribution in [3.05, 3.63) is 79.6 Å². The fourth-order valence-corrected chi connectivity index (χ4v) is 4.14. The van der Waals surface area contributed by atoms with Crippen LogP contribution in [0.25, 0.3) is 0 Å². The minimum atomic E-state index is -0.428. The number of nitro groups is 1. The van der Waals surface area contributed by atoms with E-state index in [9.17, 15) is 14.9 Å². The van der Waals surface area contributed by atoms with Crippen molar-refractivity contribution in [2.45, 2.75) is 30.9 Å². The molecule has 0 radical (unpaired) electrons. The number of carbonyl (C=O) groups excluding carboxylic acids is 1. The molecule has 1 heterocycles. The maximum absolute atomic E-state index is 12.4. The third kappa shape index (κ3) is 5.29. The molecule has 0 spiro atoms. The molecule has 0 aliphatic heterocycles. The molecule has 1 aromatic heterocycles. The van der Waals surface area contributed by atoms with Crippen molar-refractivity contribution in [2.24, 2.45) is 0 Å². The second-order valence-corrected chi connectivity index (χ2v) is 7.95. The highest BCUT2D eigenvalue weighted by Crippen LogP contribution is 2.24. The first-order valence-electron chi connectivity index (χ1n) is 8.90. The van der Waals surface area contributed by atoms with Gasteiger partial charge in [-0.15, -0.1) is 10.2 Å². The second kappa shape index (κ2) is 9.92. The SMILES string of the molecule is CCn1c(CNC(=O)c2ccc(Cl)cc2Cl)nnc1SCc1ccc([N+](=O)[O-])cc1. The molecular formula is C19H17Cl2N5O3S. The van der Waals surface area contributed by atoms with Gasteiger partial charge in [0.25, 0.3) is 11.6 Å². The van der Waals surface area contributed by atoms with Crippen molar-refractivity contribution < 1.29 is 9.72 Å². The van der Waals surface area contributed by atoms with Gasteiger partial charge in [-0.25, -0.2) is 0 Å². The molecule has 0 atom stereocenters. The molecule has 0 fully saturated rings. The van der Waals surface area contributed by atoms with Gasteiger partial charge in [-0.05, 0) is 30.7 Å². The zero-order chi connectivity index (χ0) is 21.7. The molecule has 8 nitrogen and oxygen atoms in total. The highest BCUT2D eigenvalue weighted by atomic mass is 35.5. The molecule has 2 aromatic carbocycles. The minimum Gasteiger partial charge on any atom is -0.345 e. The van der Waals surface area contributed by atoms with Crippen LogP contribution in [0.3, 0.4) is 0 Å². The van der Waals surface area contributed by atoms with Gasteiger partial charge >= 0.3 is 0 Å². The minimum absolute atomic E-state index is 0.0549. The molecule has 0 bridgehead atoms. The summed E-state index contributed by atoms with van der Waals surface area (Å²) in [6.45, 7) is 2.78. The first-order valence-corrected chi connectivity index (χ1v) is 10.6. The lowest BCUT2D eigenvalue weighted by molar-refractivity contribution is -0.384. The summed E-state index contributed by atoms with van der Waals surface area (Å²) < 4.78 is 1.90. The van der Waals surface area contributed by atoms with Crippen LogP contribution in [0.4, 0.5) is 5.69 Å². The van der Waals surface area contributed by atoms with Gasteiger partial charge in [0, 0.05) is 29.5 Å². The summed E-state index contributed by atoms with van der Waals surface area (Å²) in [6.07, 6.45) is 0. The van der Waals surface area contributed by atoms with Gasteiger partial charge in [0.05, 0.1) is 22.1 Å². The van der Waals surface area contributed by atoms with E-state index in [1.807, 2.05) is 11.5 Å². The lowest BCUT2D eigenvalue weighted by Gasteiger charge is -2.09. The number of halogens is 2. The van der Waals surface area contributed by atoms with Crippen LogP contribution in [-0.4, -0.2) is 25.6 Å². The third-order valence-electron chi connectivity index (χ3n) is 4.21. The smallest absolute Gasteiger partial charge is 0.269 e. The Hall–Kier alpha value is -2.62. The number of nitrogens with zero attached hydrogens (tertiary/aromatic N) is 4. The molecule has 0 aliphatic rings. The number of nitro benzene ring substituents is 1. The van der Waals surface area contributed by atoms with E-state index >= 15 is 0 Å². The van der Waals surface area contributed by atoms with E-state index in [1.54, 1.807) is 24.3 Å². The predicted molar refractivity (Wildman–Crippen MR) is 116 cm³/mol. The summed E-state index contributed by atoms with van der Waals surface area (Å²) in [5, 5.41) is 23.3. The summed E-state index contributed by atoms with van der Waals surface area (Å²) in [7, 11) is 0. The Kier molecular flexibility index (Phi) is 7.30. The van der Waals surface area contributed by atoms with E-state index < -0.39 is 4.92 Å². The van der Waals surface area contributed by atoms with Gasteiger partial charge in [-0.1, -0.05) is 47.1 Å². The van der Waals surface area contributed by atoms with E-state index in [0.717, 1.165) is 5.56 Å². The summed E-state index contributed by atoms with van der Waals surface area (Å²) >= 11 is 13.4. The number of benzene rings is 2. The molecule has 11 heteroatoms. The van der Waals surface area contributed by atoms with E-state index in [1.165, 1.54) is 30.0 Å². The number of nitrogens with one attached hydrogen (secondary N) is 1. The summed E-state index contributed by atoms with van der Waals surface area (Å²) in [5.74, 6) is 0.868. The molecule has 0 saturated carbocycles. The van der Waals surface area contributed by atoms with Crippen LogP contribution in [0, 0.1) is 10.1 Å². The Balaban J connectivity index is 1.63. The van der Waals surface area contributed by atoms with E-state index in [4.69, 9.17) is 23.2 Å². The first-order chi connectivity index (χ1) is 14.4. The number of non-ortho nitro benzene ring substituents is 1. The zero-order valence-corrected chi connectivity index (χ0v) is 18.2. The van der Waals surface area contributed by atoms with Crippen molar-refractivity contribution in [3.63, 3.8) is 0 Å².